The van der Waals surface area contributed by atoms with Crippen LogP contribution in [0.15, 0.2) is 40.7 Å². The van der Waals surface area contributed by atoms with Crippen LogP contribution in [0, 0.1) is 0 Å². The van der Waals surface area contributed by atoms with Crippen LogP contribution in [0.2, 0.25) is 0 Å². The Morgan fingerprint density at radius 3 is 2.83 bits per heavy atom. The molecule has 0 atom stereocenters. The number of hydrogen-bond acceptors (Lipinski definition) is 7. The van der Waals surface area contributed by atoms with Crippen molar-refractivity contribution in [3.05, 3.63) is 42.0 Å². The average Bonchev–Trinajstić information content (AvgIpc) is 3.00. The monoisotopic (exact) mass is 349 g/mol. The number of carbonyl (C=O) groups excluding carboxylic acids is 2. The first-order valence-corrected chi connectivity index (χ1v) is 8.63. The molecule has 0 unspecified atom stereocenters. The first kappa shape index (κ1) is 17.2. The molecule has 0 aliphatic heterocycles. The van der Waals surface area contributed by atoms with Crippen molar-refractivity contribution in [3.63, 3.8) is 0 Å². The van der Waals surface area contributed by atoms with Crippen molar-refractivity contribution in [2.45, 2.75) is 11.3 Å². The van der Waals surface area contributed by atoms with Gasteiger partial charge in [0.2, 0.25) is 11.0 Å². The van der Waals surface area contributed by atoms with Crippen molar-refractivity contribution >= 4 is 46.2 Å². The number of carbonyl (C=O) groups is 2. The molecule has 1 aromatic heterocycles. The van der Waals surface area contributed by atoms with Crippen LogP contribution in [0.25, 0.3) is 6.08 Å². The zero-order valence-electron chi connectivity index (χ0n) is 12.4. The largest absolute Gasteiger partial charge is 0.465 e. The van der Waals surface area contributed by atoms with Crippen LogP contribution >= 0.6 is 23.1 Å². The molecule has 8 heteroatoms. The number of anilines is 1. The molecule has 6 nitrogen and oxygen atoms in total. The summed E-state index contributed by atoms with van der Waals surface area (Å²) in [6, 6.07) is 9.51. The van der Waals surface area contributed by atoms with Crippen molar-refractivity contribution in [2.24, 2.45) is 0 Å². The van der Waals surface area contributed by atoms with Gasteiger partial charge in [-0.15, -0.1) is 10.2 Å². The van der Waals surface area contributed by atoms with E-state index in [-0.39, 0.29) is 17.6 Å². The van der Waals surface area contributed by atoms with Crippen molar-refractivity contribution in [1.29, 1.82) is 0 Å². The number of amides is 1. The molecule has 2 aromatic rings. The summed E-state index contributed by atoms with van der Waals surface area (Å²) in [7, 11) is 0. The van der Waals surface area contributed by atoms with Gasteiger partial charge in [0, 0.05) is 6.08 Å². The van der Waals surface area contributed by atoms with Crippen LogP contribution in [0.5, 0.6) is 0 Å². The van der Waals surface area contributed by atoms with E-state index in [9.17, 15) is 9.59 Å². The van der Waals surface area contributed by atoms with Crippen molar-refractivity contribution in [3.8, 4) is 0 Å². The Labute approximate surface area is 142 Å². The van der Waals surface area contributed by atoms with Gasteiger partial charge in [-0.2, -0.15) is 0 Å². The van der Waals surface area contributed by atoms with Gasteiger partial charge in [0.15, 0.2) is 4.34 Å². The lowest BCUT2D eigenvalue weighted by molar-refractivity contribution is -0.139. The van der Waals surface area contributed by atoms with Crippen molar-refractivity contribution in [2.75, 3.05) is 17.7 Å². The quantitative estimate of drug-likeness (QED) is 0.358. The standard InChI is InChI=1S/C15H15N3O3S2/c1-2-21-13(20)10-22-15-18-17-14(23-15)16-12(19)9-8-11-6-4-3-5-7-11/h3-9H,2,10H2,1H3,(H,16,17,19)/b9-8-. The molecule has 0 fully saturated rings. The van der Waals surface area contributed by atoms with Gasteiger partial charge in [-0.25, -0.2) is 0 Å². The van der Waals surface area contributed by atoms with Gasteiger partial charge in [-0.3, -0.25) is 14.9 Å². The number of aromatic nitrogens is 2. The fourth-order valence-corrected chi connectivity index (χ4v) is 3.08. The summed E-state index contributed by atoms with van der Waals surface area (Å²) in [5.41, 5.74) is 0.936. The molecule has 2 rings (SSSR count). The molecule has 0 saturated heterocycles. The number of benzene rings is 1. The van der Waals surface area contributed by atoms with Gasteiger partial charge in [-0.05, 0) is 18.6 Å². The zero-order chi connectivity index (χ0) is 16.5. The van der Waals surface area contributed by atoms with Crippen LogP contribution in [0.3, 0.4) is 0 Å². The van der Waals surface area contributed by atoms with E-state index in [1.54, 1.807) is 13.0 Å². The highest BCUT2D eigenvalue weighted by Crippen LogP contribution is 2.25. The predicted octanol–water partition coefficient (Wildman–Crippen LogP) is 2.85. The lowest BCUT2D eigenvalue weighted by Crippen LogP contribution is -2.07. The van der Waals surface area contributed by atoms with Gasteiger partial charge in [0.1, 0.15) is 0 Å². The molecule has 23 heavy (non-hydrogen) atoms. The highest BCUT2D eigenvalue weighted by atomic mass is 32.2. The van der Waals surface area contributed by atoms with Crippen LogP contribution in [-0.2, 0) is 14.3 Å². The minimum atomic E-state index is -0.302. The van der Waals surface area contributed by atoms with Gasteiger partial charge < -0.3 is 4.74 Å². The third-order valence-corrected chi connectivity index (χ3v) is 4.43. The molecule has 0 bridgehead atoms. The molecule has 1 aromatic carbocycles. The molecule has 0 aliphatic carbocycles. The van der Waals surface area contributed by atoms with Crippen LogP contribution < -0.4 is 5.32 Å². The molecule has 0 saturated carbocycles. The normalized spacial score (nSPS) is 10.7. The molecule has 1 heterocycles. The lowest BCUT2D eigenvalue weighted by atomic mass is 10.2. The van der Waals surface area contributed by atoms with E-state index in [0.29, 0.717) is 16.1 Å². The molecule has 1 amide bonds. The van der Waals surface area contributed by atoms with E-state index in [0.717, 1.165) is 5.56 Å². The third-order valence-electron chi connectivity index (χ3n) is 2.48. The summed E-state index contributed by atoms with van der Waals surface area (Å²) < 4.78 is 5.42. The number of hydrogen-bond donors (Lipinski definition) is 1. The maximum atomic E-state index is 11.8. The second-order valence-corrected chi connectivity index (χ2v) is 6.40. The summed E-state index contributed by atoms with van der Waals surface area (Å²) in [6.07, 6.45) is 3.15. The zero-order valence-corrected chi connectivity index (χ0v) is 14.0. The maximum absolute atomic E-state index is 11.8. The second-order valence-electron chi connectivity index (χ2n) is 4.20. The summed E-state index contributed by atoms with van der Waals surface area (Å²) in [4.78, 5) is 23.1. The smallest absolute Gasteiger partial charge is 0.316 e. The van der Waals surface area contributed by atoms with Gasteiger partial charge in [0.05, 0.1) is 12.4 Å². The Bertz CT molecular complexity index is 686. The Morgan fingerprint density at radius 2 is 2.09 bits per heavy atom. The van der Waals surface area contributed by atoms with E-state index >= 15 is 0 Å². The van der Waals surface area contributed by atoms with E-state index in [4.69, 9.17) is 4.74 Å². The third kappa shape index (κ3) is 6.21. The maximum Gasteiger partial charge on any atom is 0.316 e. The SMILES string of the molecule is CCOC(=O)CSc1nnc(NC(=O)/C=C\c2ccccc2)s1. The molecule has 0 aliphatic rings. The minimum absolute atomic E-state index is 0.171. The lowest BCUT2D eigenvalue weighted by Gasteiger charge is -1.98. The van der Waals surface area contributed by atoms with Crippen LogP contribution in [0.4, 0.5) is 5.13 Å². The van der Waals surface area contributed by atoms with Crippen molar-refractivity contribution < 1.29 is 14.3 Å². The van der Waals surface area contributed by atoms with Gasteiger partial charge in [-0.1, -0.05) is 53.4 Å². The Morgan fingerprint density at radius 1 is 1.30 bits per heavy atom. The summed E-state index contributed by atoms with van der Waals surface area (Å²) in [6.45, 7) is 2.11. The fourth-order valence-electron chi connectivity index (χ4n) is 1.53. The molecular formula is C15H15N3O3S2. The Balaban J connectivity index is 1.83. The van der Waals surface area contributed by atoms with Gasteiger partial charge >= 0.3 is 5.97 Å². The van der Waals surface area contributed by atoms with E-state index in [1.165, 1.54) is 29.2 Å². The Hall–Kier alpha value is -2.19. The first-order chi connectivity index (χ1) is 11.2. The fraction of sp³-hybridized carbons (Fsp3) is 0.200. The second kappa shape index (κ2) is 9.06. The molecule has 1 N–H and O–H groups in total. The first-order valence-electron chi connectivity index (χ1n) is 6.83. The summed E-state index contributed by atoms with van der Waals surface area (Å²) in [5.74, 6) is -0.416. The summed E-state index contributed by atoms with van der Waals surface area (Å²) >= 11 is 2.44. The molecular weight excluding hydrogens is 334 g/mol. The topological polar surface area (TPSA) is 81.2 Å². The predicted molar refractivity (Wildman–Crippen MR) is 91.4 cm³/mol. The summed E-state index contributed by atoms with van der Waals surface area (Å²) in [5, 5.41) is 10.8. The van der Waals surface area contributed by atoms with E-state index in [1.807, 2.05) is 30.3 Å². The number of nitrogens with zero attached hydrogens (tertiary/aromatic N) is 2. The van der Waals surface area contributed by atoms with E-state index in [2.05, 4.69) is 15.5 Å². The molecule has 0 spiro atoms. The number of nitrogens with one attached hydrogen (secondary N) is 1. The Kier molecular flexibility index (Phi) is 6.76. The molecule has 0 radical (unpaired) electrons. The molecule has 120 valence electrons. The number of thioether (sulfide) groups is 1. The van der Waals surface area contributed by atoms with E-state index < -0.39 is 0 Å². The number of rotatable bonds is 7. The highest BCUT2D eigenvalue weighted by Gasteiger charge is 2.09. The van der Waals surface area contributed by atoms with Crippen molar-refractivity contribution in [1.82, 2.24) is 10.2 Å². The minimum Gasteiger partial charge on any atom is -0.465 e. The van der Waals surface area contributed by atoms with Gasteiger partial charge in [0.25, 0.3) is 0 Å². The highest BCUT2D eigenvalue weighted by molar-refractivity contribution is 8.01. The van der Waals surface area contributed by atoms with Crippen LogP contribution in [0.1, 0.15) is 12.5 Å². The average molecular weight is 349 g/mol. The van der Waals surface area contributed by atoms with Crippen LogP contribution in [-0.4, -0.2) is 34.4 Å². The number of ether oxygens (including phenoxy) is 1. The number of esters is 1.